The van der Waals surface area contributed by atoms with Crippen LogP contribution in [0.25, 0.3) is 0 Å². The minimum Gasteiger partial charge on any atom is -0.507 e. The van der Waals surface area contributed by atoms with E-state index in [4.69, 9.17) is 9.84 Å². The Labute approximate surface area is 171 Å². The molecule has 0 amide bonds. The molecule has 0 aliphatic rings. The third kappa shape index (κ3) is 5.79. The van der Waals surface area contributed by atoms with Crippen molar-refractivity contribution < 1.29 is 30.0 Å². The number of unbranched alkanes of at least 4 members (excludes halogenated alkanes) is 2. The van der Waals surface area contributed by atoms with Gasteiger partial charge in [0.25, 0.3) is 0 Å². The zero-order chi connectivity index (χ0) is 21.4. The summed E-state index contributed by atoms with van der Waals surface area (Å²) in [5.41, 5.74) is 1.19. The van der Waals surface area contributed by atoms with Crippen LogP contribution in [0.2, 0.25) is 0 Å². The molecule has 2 aromatic carbocycles. The van der Waals surface area contributed by atoms with Crippen molar-refractivity contribution in [3.05, 3.63) is 47.0 Å². The molecule has 1 unspecified atom stereocenters. The summed E-state index contributed by atoms with van der Waals surface area (Å²) >= 11 is 0. The van der Waals surface area contributed by atoms with Gasteiger partial charge < -0.3 is 25.2 Å². The Hall–Kier alpha value is -2.89. The fourth-order valence-electron chi connectivity index (χ4n) is 3.43. The number of phenols is 3. The Bertz CT molecular complexity index is 830. The molecule has 0 saturated heterocycles. The molecule has 0 saturated carbocycles. The van der Waals surface area contributed by atoms with Crippen LogP contribution in [0.15, 0.2) is 30.3 Å². The number of aromatic hydroxyl groups is 3. The van der Waals surface area contributed by atoms with Gasteiger partial charge in [-0.1, -0.05) is 45.2 Å². The number of phenolic OH excluding ortho intramolecular Hbond substituents is 2. The van der Waals surface area contributed by atoms with Gasteiger partial charge in [-0.15, -0.1) is 0 Å². The summed E-state index contributed by atoms with van der Waals surface area (Å²) in [6, 6.07) is 8.01. The summed E-state index contributed by atoms with van der Waals surface area (Å²) in [6.45, 7) is 4.46. The van der Waals surface area contributed by atoms with Crippen LogP contribution in [0.4, 0.5) is 0 Å². The van der Waals surface area contributed by atoms with Gasteiger partial charge in [-0.25, -0.2) is 4.79 Å². The quantitative estimate of drug-likeness (QED) is 0.304. The lowest BCUT2D eigenvalue weighted by atomic mass is 9.94. The van der Waals surface area contributed by atoms with E-state index in [0.717, 1.165) is 37.7 Å². The molecule has 4 N–H and O–H groups in total. The molecule has 0 heterocycles. The molecule has 1 atom stereocenters. The smallest absolute Gasteiger partial charge is 0.339 e. The second-order valence-corrected chi connectivity index (χ2v) is 7.31. The average molecular weight is 402 g/mol. The van der Waals surface area contributed by atoms with Gasteiger partial charge in [-0.05, 0) is 43.4 Å². The Kier molecular flexibility index (Phi) is 8.19. The van der Waals surface area contributed by atoms with Gasteiger partial charge in [0.2, 0.25) is 0 Å². The zero-order valence-corrected chi connectivity index (χ0v) is 17.0. The van der Waals surface area contributed by atoms with Gasteiger partial charge in [0.1, 0.15) is 17.1 Å². The predicted molar refractivity (Wildman–Crippen MR) is 111 cm³/mol. The first kappa shape index (κ1) is 22.4. The summed E-state index contributed by atoms with van der Waals surface area (Å²) in [7, 11) is 0. The predicted octanol–water partition coefficient (Wildman–Crippen LogP) is 5.20. The molecule has 0 fully saturated rings. The summed E-state index contributed by atoms with van der Waals surface area (Å²) in [5.74, 6) is -0.832. The van der Waals surface area contributed by atoms with Crippen molar-refractivity contribution in [3.63, 3.8) is 0 Å². The Morgan fingerprint density at radius 3 is 2.48 bits per heavy atom. The number of hydrogen-bond acceptors (Lipinski definition) is 5. The SMILES string of the molecule is CCCc1c(OCCCCCC(C)c2cccc(O)c2O)ccc(C(=O)O)c1O. The van der Waals surface area contributed by atoms with Crippen molar-refractivity contribution in [2.45, 2.75) is 58.3 Å². The number of hydrogen-bond donors (Lipinski definition) is 4. The van der Waals surface area contributed by atoms with Crippen LogP contribution in [0.3, 0.4) is 0 Å². The van der Waals surface area contributed by atoms with E-state index >= 15 is 0 Å². The van der Waals surface area contributed by atoms with Crippen molar-refractivity contribution >= 4 is 5.97 Å². The second-order valence-electron chi connectivity index (χ2n) is 7.31. The number of carboxylic acid groups (broad SMARTS) is 1. The normalized spacial score (nSPS) is 11.9. The highest BCUT2D eigenvalue weighted by atomic mass is 16.5. The molecule has 0 aliphatic heterocycles. The number of carboxylic acids is 1. The minimum absolute atomic E-state index is 0.0450. The molecule has 158 valence electrons. The first-order valence-electron chi connectivity index (χ1n) is 10.1. The fourth-order valence-corrected chi connectivity index (χ4v) is 3.43. The summed E-state index contributed by atoms with van der Waals surface area (Å²) in [4.78, 5) is 11.2. The highest BCUT2D eigenvalue weighted by Gasteiger charge is 2.17. The summed E-state index contributed by atoms with van der Waals surface area (Å²) in [6.07, 6.45) is 4.91. The lowest BCUT2D eigenvalue weighted by molar-refractivity contribution is 0.0693. The zero-order valence-electron chi connectivity index (χ0n) is 17.0. The fraction of sp³-hybridized carbons (Fsp3) is 0.435. The van der Waals surface area contributed by atoms with E-state index in [-0.39, 0.29) is 28.7 Å². The van der Waals surface area contributed by atoms with Crippen LogP contribution in [-0.4, -0.2) is 33.0 Å². The van der Waals surface area contributed by atoms with Gasteiger partial charge in [-0.2, -0.15) is 0 Å². The molecule has 6 heteroatoms. The lowest BCUT2D eigenvalue weighted by Gasteiger charge is -2.15. The molecule has 0 radical (unpaired) electrons. The average Bonchev–Trinajstić information content (AvgIpc) is 2.68. The first-order chi connectivity index (χ1) is 13.9. The standard InChI is InChI=1S/C23H30O6/c1-3-8-17-20(13-12-18(21(17)25)23(27)28)29-14-6-4-5-9-15(2)16-10-7-11-19(24)22(16)26/h7,10-13,15,24-26H,3-6,8-9,14H2,1-2H3,(H,27,28). The van der Waals surface area contributed by atoms with E-state index in [1.54, 1.807) is 12.1 Å². The monoisotopic (exact) mass is 402 g/mol. The molecule has 29 heavy (non-hydrogen) atoms. The van der Waals surface area contributed by atoms with Crippen molar-refractivity contribution in [1.29, 1.82) is 0 Å². The lowest BCUT2D eigenvalue weighted by Crippen LogP contribution is -2.04. The van der Waals surface area contributed by atoms with E-state index in [0.29, 0.717) is 24.3 Å². The number of para-hydroxylation sites is 1. The Morgan fingerprint density at radius 2 is 1.79 bits per heavy atom. The van der Waals surface area contributed by atoms with Gasteiger partial charge in [0.15, 0.2) is 11.5 Å². The molecule has 2 rings (SSSR count). The molecular weight excluding hydrogens is 372 g/mol. The van der Waals surface area contributed by atoms with Gasteiger partial charge >= 0.3 is 5.97 Å². The number of rotatable bonds is 11. The van der Waals surface area contributed by atoms with E-state index in [1.165, 1.54) is 12.1 Å². The molecule has 2 aromatic rings. The highest BCUT2D eigenvalue weighted by Crippen LogP contribution is 2.36. The third-order valence-corrected chi connectivity index (χ3v) is 5.09. The van der Waals surface area contributed by atoms with Crippen LogP contribution >= 0.6 is 0 Å². The van der Waals surface area contributed by atoms with Crippen molar-refractivity contribution in [1.82, 2.24) is 0 Å². The maximum Gasteiger partial charge on any atom is 0.339 e. The van der Waals surface area contributed by atoms with Gasteiger partial charge in [-0.3, -0.25) is 0 Å². The maximum atomic E-state index is 11.2. The third-order valence-electron chi connectivity index (χ3n) is 5.09. The second kappa shape index (κ2) is 10.6. The van der Waals surface area contributed by atoms with Crippen LogP contribution in [-0.2, 0) is 6.42 Å². The van der Waals surface area contributed by atoms with Crippen LogP contribution in [0.1, 0.15) is 73.4 Å². The van der Waals surface area contributed by atoms with Gasteiger partial charge in [0, 0.05) is 11.1 Å². The molecule has 0 spiro atoms. The first-order valence-corrected chi connectivity index (χ1v) is 10.1. The van der Waals surface area contributed by atoms with Crippen LogP contribution in [0, 0.1) is 0 Å². The topological polar surface area (TPSA) is 107 Å². The van der Waals surface area contributed by atoms with Gasteiger partial charge in [0.05, 0.1) is 6.61 Å². The van der Waals surface area contributed by atoms with Crippen LogP contribution < -0.4 is 4.74 Å². The minimum atomic E-state index is -1.15. The Balaban J connectivity index is 1.82. The van der Waals surface area contributed by atoms with Crippen LogP contribution in [0.5, 0.6) is 23.0 Å². The molecule has 0 aliphatic carbocycles. The largest absolute Gasteiger partial charge is 0.507 e. The molecular formula is C23H30O6. The number of ether oxygens (including phenoxy) is 1. The van der Waals surface area contributed by atoms with E-state index in [1.807, 2.05) is 19.9 Å². The molecule has 6 nitrogen and oxygen atoms in total. The number of aromatic carboxylic acids is 1. The van der Waals surface area contributed by atoms with Crippen molar-refractivity contribution in [2.24, 2.45) is 0 Å². The number of carbonyl (C=O) groups is 1. The Morgan fingerprint density at radius 1 is 1.03 bits per heavy atom. The highest BCUT2D eigenvalue weighted by molar-refractivity contribution is 5.91. The van der Waals surface area contributed by atoms with Crippen molar-refractivity contribution in [2.75, 3.05) is 6.61 Å². The molecule has 0 bridgehead atoms. The van der Waals surface area contributed by atoms with E-state index in [9.17, 15) is 20.1 Å². The number of benzene rings is 2. The van der Waals surface area contributed by atoms with E-state index in [2.05, 4.69) is 0 Å². The van der Waals surface area contributed by atoms with Crippen molar-refractivity contribution in [3.8, 4) is 23.0 Å². The summed E-state index contributed by atoms with van der Waals surface area (Å²) < 4.78 is 5.81. The molecule has 0 aromatic heterocycles. The van der Waals surface area contributed by atoms with E-state index < -0.39 is 5.97 Å². The summed E-state index contributed by atoms with van der Waals surface area (Å²) in [5, 5.41) is 38.9. The maximum absolute atomic E-state index is 11.2.